The largest absolute Gasteiger partial charge is 0.388 e. The summed E-state index contributed by atoms with van der Waals surface area (Å²) < 4.78 is 6.72. The van der Waals surface area contributed by atoms with Crippen LogP contribution in [0.25, 0.3) is 0 Å². The quantitative estimate of drug-likeness (QED) is 0.405. The second kappa shape index (κ2) is 7.18. The van der Waals surface area contributed by atoms with Crippen molar-refractivity contribution in [2.24, 2.45) is 51.2 Å². The lowest BCUT2D eigenvalue weighted by molar-refractivity contribution is -0.190. The van der Waals surface area contributed by atoms with E-state index in [4.69, 9.17) is 4.74 Å². The minimum Gasteiger partial charge on any atom is -0.388 e. The average molecular weight is 473 g/mol. The predicted molar refractivity (Wildman–Crippen MR) is 133 cm³/mol. The van der Waals surface area contributed by atoms with Gasteiger partial charge in [-0.1, -0.05) is 34.6 Å². The van der Waals surface area contributed by atoms with E-state index < -0.39 is 16.9 Å². The summed E-state index contributed by atoms with van der Waals surface area (Å²) in [5.74, 6) is 1.50. The van der Waals surface area contributed by atoms with Gasteiger partial charge < -0.3 is 14.6 Å². The van der Waals surface area contributed by atoms with Crippen LogP contribution in [0.15, 0.2) is 0 Å². The summed E-state index contributed by atoms with van der Waals surface area (Å²) in [6, 6.07) is 0. The molecule has 4 aliphatic carbocycles. The number of fused-ring (bicyclic) bond motifs is 5. The average Bonchev–Trinajstić information content (AvgIpc) is 3.31. The maximum Gasteiger partial charge on any atom is 0.149 e. The molecule has 5 rings (SSSR count). The fraction of sp³-hybridized carbons (Fsp3) is 0.933. The lowest BCUT2D eigenvalue weighted by atomic mass is 9.40. The van der Waals surface area contributed by atoms with Crippen LogP contribution in [0.5, 0.6) is 0 Å². The maximum absolute atomic E-state index is 13.4. The molecule has 0 unspecified atom stereocenters. The summed E-state index contributed by atoms with van der Waals surface area (Å²) in [5.41, 5.74) is -1.25. The smallest absolute Gasteiger partial charge is 0.149 e. The highest BCUT2D eigenvalue weighted by molar-refractivity contribution is 6.00. The van der Waals surface area contributed by atoms with Gasteiger partial charge in [-0.2, -0.15) is 0 Å². The molecule has 4 saturated carbocycles. The number of carbonyl (C=O) groups excluding carboxylic acids is 2. The van der Waals surface area contributed by atoms with Gasteiger partial charge in [0.2, 0.25) is 0 Å². The van der Waals surface area contributed by atoms with Crippen molar-refractivity contribution in [3.63, 3.8) is 0 Å². The van der Waals surface area contributed by atoms with Crippen LogP contribution < -0.4 is 0 Å². The molecule has 0 aromatic rings. The molecule has 0 amide bonds. The van der Waals surface area contributed by atoms with Gasteiger partial charge >= 0.3 is 0 Å². The molecule has 4 nitrogen and oxygen atoms in total. The monoisotopic (exact) mass is 472 g/mol. The minimum atomic E-state index is -0.809. The van der Waals surface area contributed by atoms with Gasteiger partial charge in [0, 0.05) is 5.41 Å². The normalized spacial score (nSPS) is 54.4. The summed E-state index contributed by atoms with van der Waals surface area (Å²) in [7, 11) is 0. The van der Waals surface area contributed by atoms with Crippen LogP contribution in [0.1, 0.15) is 107 Å². The third-order valence-electron chi connectivity index (χ3n) is 13.1. The number of aldehydes is 1. The van der Waals surface area contributed by atoms with Crippen LogP contribution in [0.2, 0.25) is 0 Å². The molecule has 1 saturated heterocycles. The molecular formula is C30H48O4. The second-order valence-corrected chi connectivity index (χ2v) is 15.0. The van der Waals surface area contributed by atoms with Crippen molar-refractivity contribution in [3.05, 3.63) is 0 Å². The van der Waals surface area contributed by atoms with E-state index in [2.05, 4.69) is 41.5 Å². The van der Waals surface area contributed by atoms with E-state index in [9.17, 15) is 14.7 Å². The number of ketones is 1. The van der Waals surface area contributed by atoms with Crippen LogP contribution in [0.3, 0.4) is 0 Å². The first kappa shape index (κ1) is 24.9. The number of rotatable bonds is 3. The predicted octanol–water partition coefficient (Wildman–Crippen LogP) is 5.98. The Morgan fingerprint density at radius 2 is 1.50 bits per heavy atom. The van der Waals surface area contributed by atoms with Gasteiger partial charge in [-0.3, -0.25) is 4.79 Å². The molecule has 4 heteroatoms. The third kappa shape index (κ3) is 2.85. The highest BCUT2D eigenvalue weighted by Gasteiger charge is 2.73. The maximum atomic E-state index is 13.4. The number of hydrogen-bond donors (Lipinski definition) is 1. The van der Waals surface area contributed by atoms with Crippen LogP contribution in [-0.4, -0.2) is 34.5 Å². The van der Waals surface area contributed by atoms with E-state index in [1.54, 1.807) is 0 Å². The van der Waals surface area contributed by atoms with E-state index >= 15 is 0 Å². The first-order valence-electron chi connectivity index (χ1n) is 14.0. The Hall–Kier alpha value is -0.740. The lowest BCUT2D eigenvalue weighted by Gasteiger charge is -2.64. The third-order valence-corrected chi connectivity index (χ3v) is 13.1. The first-order valence-corrected chi connectivity index (χ1v) is 14.0. The van der Waals surface area contributed by atoms with Crippen molar-refractivity contribution in [1.29, 1.82) is 0 Å². The topological polar surface area (TPSA) is 63.6 Å². The molecule has 0 aromatic carbocycles. The molecular weight excluding hydrogens is 424 g/mol. The molecule has 1 heterocycles. The molecule has 1 aliphatic heterocycles. The van der Waals surface area contributed by atoms with Crippen LogP contribution in [0, 0.1) is 51.2 Å². The van der Waals surface area contributed by atoms with Crippen molar-refractivity contribution in [2.45, 2.75) is 124 Å². The van der Waals surface area contributed by atoms with Crippen LogP contribution >= 0.6 is 0 Å². The summed E-state index contributed by atoms with van der Waals surface area (Å²) in [5, 5.41) is 10.6. The molecule has 1 N–H and O–H groups in total. The number of Topliss-reactive ketones (excluding diaryl/α,β-unsaturated/α-hetero) is 1. The lowest BCUT2D eigenvalue weighted by Crippen LogP contribution is -2.59. The van der Waals surface area contributed by atoms with E-state index in [1.807, 2.05) is 13.8 Å². The van der Waals surface area contributed by atoms with Gasteiger partial charge in [-0.15, -0.1) is 0 Å². The Labute approximate surface area is 207 Å². The Balaban J connectivity index is 1.48. The van der Waals surface area contributed by atoms with E-state index in [0.717, 1.165) is 38.4 Å². The molecule has 0 bridgehead atoms. The zero-order chi connectivity index (χ0) is 25.1. The van der Waals surface area contributed by atoms with Gasteiger partial charge in [0.1, 0.15) is 12.1 Å². The Bertz CT molecular complexity index is 887. The molecule has 0 spiro atoms. The zero-order valence-electron chi connectivity index (χ0n) is 22.9. The van der Waals surface area contributed by atoms with Crippen molar-refractivity contribution in [1.82, 2.24) is 0 Å². The molecule has 0 radical (unpaired) electrons. The molecule has 192 valence electrons. The number of carbonyl (C=O) groups is 2. The van der Waals surface area contributed by atoms with Gasteiger partial charge in [-0.05, 0) is 112 Å². The Morgan fingerprint density at radius 1 is 0.853 bits per heavy atom. The number of aliphatic hydroxyl groups is 1. The number of hydrogen-bond acceptors (Lipinski definition) is 4. The first-order chi connectivity index (χ1) is 15.6. The van der Waals surface area contributed by atoms with Gasteiger partial charge in [0.15, 0.2) is 0 Å². The SMILES string of the molecule is CC(C)(O)[C@@H]1CC[C@](C)([C@H]2CC[C@@]3(C)[C@@H]4CC[C@H]5C(C)(C)C(=O)[C@@H](C=O)[C@]5(C)[C@H]4CC[C@]23C)O1. The van der Waals surface area contributed by atoms with Gasteiger partial charge in [0.05, 0.1) is 23.2 Å². The molecule has 5 aliphatic rings. The fourth-order valence-electron chi connectivity index (χ4n) is 11.0. The van der Waals surface area contributed by atoms with Crippen molar-refractivity contribution < 1.29 is 19.4 Å². The van der Waals surface area contributed by atoms with Crippen LogP contribution in [-0.2, 0) is 14.3 Å². The fourth-order valence-corrected chi connectivity index (χ4v) is 11.0. The molecule has 5 fully saturated rings. The highest BCUT2D eigenvalue weighted by Crippen LogP contribution is 2.76. The number of ether oxygens (including phenoxy) is 1. The van der Waals surface area contributed by atoms with E-state index in [-0.39, 0.29) is 33.7 Å². The Kier molecular flexibility index (Phi) is 5.27. The van der Waals surface area contributed by atoms with E-state index in [0.29, 0.717) is 23.7 Å². The van der Waals surface area contributed by atoms with Crippen molar-refractivity contribution in [2.75, 3.05) is 0 Å². The summed E-state index contributed by atoms with van der Waals surface area (Å²) >= 11 is 0. The second-order valence-electron chi connectivity index (χ2n) is 15.0. The van der Waals surface area contributed by atoms with Crippen molar-refractivity contribution in [3.8, 4) is 0 Å². The van der Waals surface area contributed by atoms with Crippen molar-refractivity contribution >= 4 is 12.1 Å². The summed E-state index contributed by atoms with van der Waals surface area (Å²) in [6.07, 6.45) is 9.71. The summed E-state index contributed by atoms with van der Waals surface area (Å²) in [6.45, 7) is 17.6. The minimum absolute atomic E-state index is 0.0984. The van der Waals surface area contributed by atoms with Crippen LogP contribution in [0.4, 0.5) is 0 Å². The van der Waals surface area contributed by atoms with Gasteiger partial charge in [0.25, 0.3) is 0 Å². The summed E-state index contributed by atoms with van der Waals surface area (Å²) in [4.78, 5) is 25.7. The molecule has 0 aromatic heterocycles. The van der Waals surface area contributed by atoms with Gasteiger partial charge in [-0.25, -0.2) is 0 Å². The standard InChI is InChI=1S/C30H48O4/c1-25(2)21-10-9-18-19(30(21,8)20(17-31)24(25)32)11-14-28(6)22(12-15-27(18,28)5)29(7)16-13-23(34-29)26(3,4)33/h17-23,33H,9-16H2,1-8H3/t18-,19+,20-,21+,22+,23+,27+,28-,29-,30+/m1/s1. The highest BCUT2D eigenvalue weighted by atomic mass is 16.5. The Morgan fingerprint density at radius 3 is 2.09 bits per heavy atom. The molecule has 34 heavy (non-hydrogen) atoms. The van der Waals surface area contributed by atoms with E-state index in [1.165, 1.54) is 19.3 Å². The molecule has 10 atom stereocenters. The zero-order valence-corrected chi connectivity index (χ0v) is 22.9.